The maximum Gasteiger partial charge on any atom is 0.244 e. The lowest BCUT2D eigenvalue weighted by Crippen LogP contribution is -2.45. The third-order valence-corrected chi connectivity index (χ3v) is 5.45. The van der Waals surface area contributed by atoms with Gasteiger partial charge in [0.15, 0.2) is 0 Å². The predicted octanol–water partition coefficient (Wildman–Crippen LogP) is 2.78. The van der Waals surface area contributed by atoms with Crippen LogP contribution in [-0.4, -0.2) is 43.8 Å². The molecule has 0 saturated carbocycles. The molecule has 0 radical (unpaired) electrons. The van der Waals surface area contributed by atoms with Gasteiger partial charge in [0.05, 0.1) is 22.3 Å². The van der Waals surface area contributed by atoms with Crippen LogP contribution in [0.5, 0.6) is 0 Å². The zero-order valence-corrected chi connectivity index (χ0v) is 16.3. The van der Waals surface area contributed by atoms with Gasteiger partial charge in [-0.3, -0.25) is 14.5 Å². The molecule has 1 aliphatic heterocycles. The number of hydrogen-bond acceptors (Lipinski definition) is 6. The standard InChI is InChI=1S/C18H15ClN6O2S/c1-11(17(27)24-10-16(26)20-14-4-2-3-5-15(14)24)28-18-21-22-23-25(18)13-8-6-12(19)7-9-13/h2-9,11H,10H2,1H3,(H,20,26)/t11-/m1/s1. The average molecular weight is 415 g/mol. The van der Waals surface area contributed by atoms with E-state index in [1.54, 1.807) is 41.9 Å². The number of halogens is 1. The molecule has 28 heavy (non-hydrogen) atoms. The van der Waals surface area contributed by atoms with Gasteiger partial charge in [-0.1, -0.05) is 35.5 Å². The van der Waals surface area contributed by atoms with Gasteiger partial charge >= 0.3 is 0 Å². The fraction of sp³-hybridized carbons (Fsp3) is 0.167. The van der Waals surface area contributed by atoms with Gasteiger partial charge in [0.25, 0.3) is 0 Å². The third-order valence-electron chi connectivity index (χ3n) is 4.18. The second-order valence-electron chi connectivity index (χ2n) is 6.10. The fourth-order valence-corrected chi connectivity index (χ4v) is 3.85. The van der Waals surface area contributed by atoms with Crippen LogP contribution in [0.25, 0.3) is 5.69 Å². The number of amides is 2. The first-order valence-electron chi connectivity index (χ1n) is 8.44. The van der Waals surface area contributed by atoms with E-state index in [1.807, 2.05) is 18.2 Å². The van der Waals surface area contributed by atoms with Crippen LogP contribution in [0.15, 0.2) is 53.7 Å². The highest BCUT2D eigenvalue weighted by Crippen LogP contribution is 2.32. The molecule has 1 atom stereocenters. The number of carbonyl (C=O) groups excluding carboxylic acids is 2. The van der Waals surface area contributed by atoms with E-state index >= 15 is 0 Å². The van der Waals surface area contributed by atoms with E-state index < -0.39 is 5.25 Å². The van der Waals surface area contributed by atoms with Gasteiger partial charge < -0.3 is 5.32 Å². The summed E-state index contributed by atoms with van der Waals surface area (Å²) in [7, 11) is 0. The zero-order chi connectivity index (χ0) is 19.7. The van der Waals surface area contributed by atoms with E-state index in [9.17, 15) is 9.59 Å². The van der Waals surface area contributed by atoms with Crippen molar-refractivity contribution < 1.29 is 9.59 Å². The molecule has 142 valence electrons. The molecule has 0 bridgehead atoms. The maximum atomic E-state index is 13.1. The summed E-state index contributed by atoms with van der Waals surface area (Å²) < 4.78 is 1.54. The number of para-hydroxylation sites is 2. The minimum Gasteiger partial charge on any atom is -0.323 e. The molecule has 2 amide bonds. The van der Waals surface area contributed by atoms with Crippen molar-refractivity contribution in [3.05, 3.63) is 53.6 Å². The molecule has 4 rings (SSSR count). The second-order valence-corrected chi connectivity index (χ2v) is 7.84. The van der Waals surface area contributed by atoms with Gasteiger partial charge in [0.1, 0.15) is 6.54 Å². The van der Waals surface area contributed by atoms with Gasteiger partial charge in [-0.05, 0) is 53.7 Å². The summed E-state index contributed by atoms with van der Waals surface area (Å²) in [6, 6.07) is 14.3. The maximum absolute atomic E-state index is 13.1. The number of hydrogen-bond donors (Lipinski definition) is 1. The van der Waals surface area contributed by atoms with Crippen molar-refractivity contribution in [3.8, 4) is 5.69 Å². The number of nitrogens with one attached hydrogen (secondary N) is 1. The zero-order valence-electron chi connectivity index (χ0n) is 14.7. The molecular formula is C18H15ClN6O2S. The van der Waals surface area contributed by atoms with Crippen LogP contribution in [0.4, 0.5) is 11.4 Å². The Morgan fingerprint density at radius 2 is 1.96 bits per heavy atom. The molecule has 2 heterocycles. The first kappa shape index (κ1) is 18.5. The normalized spacial score (nSPS) is 14.4. The Hall–Kier alpha value is -2.91. The highest BCUT2D eigenvalue weighted by atomic mass is 35.5. The number of tetrazole rings is 1. The number of benzene rings is 2. The van der Waals surface area contributed by atoms with Crippen molar-refractivity contribution in [1.29, 1.82) is 0 Å². The van der Waals surface area contributed by atoms with Crippen LogP contribution in [-0.2, 0) is 9.59 Å². The van der Waals surface area contributed by atoms with Crippen molar-refractivity contribution in [3.63, 3.8) is 0 Å². The minimum atomic E-state index is -0.504. The third kappa shape index (κ3) is 3.58. The first-order chi connectivity index (χ1) is 13.5. The highest BCUT2D eigenvalue weighted by Gasteiger charge is 2.31. The summed E-state index contributed by atoms with van der Waals surface area (Å²) in [6.45, 7) is 1.74. The van der Waals surface area contributed by atoms with Gasteiger partial charge in [0, 0.05) is 5.02 Å². The predicted molar refractivity (Wildman–Crippen MR) is 107 cm³/mol. The van der Waals surface area contributed by atoms with Gasteiger partial charge in [-0.25, -0.2) is 0 Å². The number of fused-ring (bicyclic) bond motifs is 1. The molecule has 0 unspecified atom stereocenters. The summed E-state index contributed by atoms with van der Waals surface area (Å²) >= 11 is 7.15. The van der Waals surface area contributed by atoms with E-state index in [0.29, 0.717) is 21.6 Å². The van der Waals surface area contributed by atoms with E-state index in [-0.39, 0.29) is 18.4 Å². The second kappa shape index (κ2) is 7.61. The quantitative estimate of drug-likeness (QED) is 0.660. The molecule has 10 heteroatoms. The van der Waals surface area contributed by atoms with Gasteiger partial charge in [-0.2, -0.15) is 4.68 Å². The Labute approximate surface area is 169 Å². The molecule has 2 aromatic carbocycles. The van der Waals surface area contributed by atoms with Crippen molar-refractivity contribution in [1.82, 2.24) is 20.2 Å². The molecule has 8 nitrogen and oxygen atoms in total. The summed E-state index contributed by atoms with van der Waals surface area (Å²) in [5.41, 5.74) is 2.03. The Kier molecular flexibility index (Phi) is 5.01. The van der Waals surface area contributed by atoms with Crippen LogP contribution in [0.2, 0.25) is 5.02 Å². The lowest BCUT2D eigenvalue weighted by molar-refractivity contribution is -0.121. The lowest BCUT2D eigenvalue weighted by Gasteiger charge is -2.30. The Morgan fingerprint density at radius 1 is 1.21 bits per heavy atom. The minimum absolute atomic E-state index is 0.0249. The number of aromatic nitrogens is 4. The van der Waals surface area contributed by atoms with E-state index in [4.69, 9.17) is 11.6 Å². The Morgan fingerprint density at radius 3 is 2.75 bits per heavy atom. The topological polar surface area (TPSA) is 93.0 Å². The molecule has 0 spiro atoms. The Balaban J connectivity index is 1.56. The van der Waals surface area contributed by atoms with Crippen LogP contribution in [0.3, 0.4) is 0 Å². The smallest absolute Gasteiger partial charge is 0.244 e. The fourth-order valence-electron chi connectivity index (χ4n) is 2.85. The molecule has 3 aromatic rings. The molecule has 0 saturated heterocycles. The van der Waals surface area contributed by atoms with E-state index in [2.05, 4.69) is 20.8 Å². The average Bonchev–Trinajstić information content (AvgIpc) is 3.15. The largest absolute Gasteiger partial charge is 0.323 e. The van der Waals surface area contributed by atoms with E-state index in [0.717, 1.165) is 5.69 Å². The molecule has 1 aliphatic rings. The van der Waals surface area contributed by atoms with Crippen LogP contribution in [0, 0.1) is 0 Å². The van der Waals surface area contributed by atoms with Crippen LogP contribution < -0.4 is 10.2 Å². The summed E-state index contributed by atoms with van der Waals surface area (Å²) in [5.74, 6) is -0.423. The number of nitrogens with zero attached hydrogens (tertiary/aromatic N) is 5. The molecule has 1 N–H and O–H groups in total. The number of thioether (sulfide) groups is 1. The molecule has 0 fully saturated rings. The van der Waals surface area contributed by atoms with Crippen molar-refractivity contribution in [2.75, 3.05) is 16.8 Å². The number of carbonyl (C=O) groups is 2. The Bertz CT molecular complexity index is 1040. The van der Waals surface area contributed by atoms with Gasteiger partial charge in [0.2, 0.25) is 17.0 Å². The van der Waals surface area contributed by atoms with Crippen molar-refractivity contribution in [2.45, 2.75) is 17.3 Å². The SMILES string of the molecule is C[C@@H](Sc1nnnn1-c1ccc(Cl)cc1)C(=O)N1CC(=O)Nc2ccccc21. The monoisotopic (exact) mass is 414 g/mol. The first-order valence-corrected chi connectivity index (χ1v) is 9.70. The molecular weight excluding hydrogens is 400 g/mol. The lowest BCUT2D eigenvalue weighted by atomic mass is 10.2. The molecule has 1 aromatic heterocycles. The van der Waals surface area contributed by atoms with Crippen molar-refractivity contribution >= 4 is 46.6 Å². The van der Waals surface area contributed by atoms with Crippen molar-refractivity contribution in [2.24, 2.45) is 0 Å². The summed E-state index contributed by atoms with van der Waals surface area (Å²) in [5, 5.41) is 15.1. The summed E-state index contributed by atoms with van der Waals surface area (Å²) in [4.78, 5) is 26.5. The number of anilines is 2. The van der Waals surface area contributed by atoms with Gasteiger partial charge in [-0.15, -0.1) is 5.10 Å². The van der Waals surface area contributed by atoms with Crippen LogP contribution >= 0.6 is 23.4 Å². The van der Waals surface area contributed by atoms with E-state index in [1.165, 1.54) is 16.7 Å². The number of rotatable bonds is 4. The molecule has 0 aliphatic carbocycles. The summed E-state index contributed by atoms with van der Waals surface area (Å²) in [6.07, 6.45) is 0. The highest BCUT2D eigenvalue weighted by molar-refractivity contribution is 8.00. The van der Waals surface area contributed by atoms with Crippen LogP contribution in [0.1, 0.15) is 6.92 Å².